The first kappa shape index (κ1) is 13.4. The summed E-state index contributed by atoms with van der Waals surface area (Å²) in [6.45, 7) is 4.71. The van der Waals surface area contributed by atoms with E-state index in [1.54, 1.807) is 0 Å². The smallest absolute Gasteiger partial charge is 0.119 e. The van der Waals surface area contributed by atoms with Crippen LogP contribution in [-0.2, 0) is 6.54 Å². The second-order valence-corrected chi connectivity index (χ2v) is 5.21. The SMILES string of the molecule is Cc1cc(OCCC2CCCN2C)ccc1CN. The van der Waals surface area contributed by atoms with Gasteiger partial charge in [0, 0.05) is 12.6 Å². The third-order valence-electron chi connectivity index (χ3n) is 3.93. The Hall–Kier alpha value is -1.06. The van der Waals surface area contributed by atoms with E-state index in [1.807, 2.05) is 6.07 Å². The molecule has 1 unspecified atom stereocenters. The van der Waals surface area contributed by atoms with Crippen LogP contribution in [0.15, 0.2) is 18.2 Å². The molecule has 18 heavy (non-hydrogen) atoms. The quantitative estimate of drug-likeness (QED) is 0.869. The minimum Gasteiger partial charge on any atom is -0.494 e. The van der Waals surface area contributed by atoms with Crippen molar-refractivity contribution in [2.24, 2.45) is 5.73 Å². The largest absolute Gasteiger partial charge is 0.494 e. The van der Waals surface area contributed by atoms with E-state index in [0.29, 0.717) is 12.6 Å². The molecule has 0 aromatic heterocycles. The first-order valence-electron chi connectivity index (χ1n) is 6.83. The average molecular weight is 248 g/mol. The monoisotopic (exact) mass is 248 g/mol. The Bertz CT molecular complexity index is 392. The molecule has 2 rings (SSSR count). The van der Waals surface area contributed by atoms with Crippen LogP contribution in [0.2, 0.25) is 0 Å². The Morgan fingerprint density at radius 1 is 1.44 bits per heavy atom. The molecule has 0 spiro atoms. The van der Waals surface area contributed by atoms with Gasteiger partial charge in [0.25, 0.3) is 0 Å². The number of nitrogens with zero attached hydrogens (tertiary/aromatic N) is 1. The van der Waals surface area contributed by atoms with E-state index in [2.05, 4.69) is 31.0 Å². The van der Waals surface area contributed by atoms with Gasteiger partial charge in [0.05, 0.1) is 6.61 Å². The fourth-order valence-electron chi connectivity index (χ4n) is 2.64. The molecule has 0 bridgehead atoms. The molecule has 1 atom stereocenters. The molecule has 0 amide bonds. The van der Waals surface area contributed by atoms with Crippen LogP contribution in [0.25, 0.3) is 0 Å². The molecule has 1 aliphatic heterocycles. The first-order valence-corrected chi connectivity index (χ1v) is 6.83. The Kier molecular flexibility index (Phi) is 4.61. The van der Waals surface area contributed by atoms with E-state index in [0.717, 1.165) is 18.8 Å². The van der Waals surface area contributed by atoms with E-state index in [1.165, 1.54) is 30.5 Å². The van der Waals surface area contributed by atoms with Crippen LogP contribution >= 0.6 is 0 Å². The zero-order valence-electron chi connectivity index (χ0n) is 11.5. The summed E-state index contributed by atoms with van der Waals surface area (Å²) in [6.07, 6.45) is 3.75. The Morgan fingerprint density at radius 2 is 2.28 bits per heavy atom. The molecule has 100 valence electrons. The second-order valence-electron chi connectivity index (χ2n) is 5.21. The second kappa shape index (κ2) is 6.21. The molecule has 0 radical (unpaired) electrons. The highest BCUT2D eigenvalue weighted by atomic mass is 16.5. The van der Waals surface area contributed by atoms with Crippen LogP contribution in [-0.4, -0.2) is 31.1 Å². The number of likely N-dealkylation sites (tertiary alicyclic amines) is 1. The van der Waals surface area contributed by atoms with Gasteiger partial charge in [-0.2, -0.15) is 0 Å². The molecule has 1 aromatic rings. The van der Waals surface area contributed by atoms with E-state index in [9.17, 15) is 0 Å². The van der Waals surface area contributed by atoms with Crippen molar-refractivity contribution < 1.29 is 4.74 Å². The van der Waals surface area contributed by atoms with Gasteiger partial charge in [-0.1, -0.05) is 6.07 Å². The molecular weight excluding hydrogens is 224 g/mol. The third-order valence-corrected chi connectivity index (χ3v) is 3.93. The summed E-state index contributed by atoms with van der Waals surface area (Å²) < 4.78 is 5.83. The predicted molar refractivity (Wildman–Crippen MR) is 74.8 cm³/mol. The van der Waals surface area contributed by atoms with Crippen LogP contribution in [0, 0.1) is 6.92 Å². The number of aryl methyl sites for hydroxylation is 1. The van der Waals surface area contributed by atoms with E-state index < -0.39 is 0 Å². The molecule has 0 aliphatic carbocycles. The van der Waals surface area contributed by atoms with Crippen molar-refractivity contribution in [1.82, 2.24) is 4.90 Å². The number of rotatable bonds is 5. The van der Waals surface area contributed by atoms with Crippen molar-refractivity contribution in [3.63, 3.8) is 0 Å². The maximum absolute atomic E-state index is 5.83. The summed E-state index contributed by atoms with van der Waals surface area (Å²) in [5.41, 5.74) is 8.06. The highest BCUT2D eigenvalue weighted by molar-refractivity contribution is 5.34. The molecule has 3 heteroatoms. The molecule has 1 heterocycles. The molecule has 1 aromatic carbocycles. The van der Waals surface area contributed by atoms with Gasteiger partial charge in [0.15, 0.2) is 0 Å². The molecule has 0 saturated carbocycles. The van der Waals surface area contributed by atoms with Gasteiger partial charge in [0.2, 0.25) is 0 Å². The van der Waals surface area contributed by atoms with Crippen molar-refractivity contribution in [2.45, 2.75) is 38.8 Å². The third kappa shape index (κ3) is 3.24. The number of nitrogens with two attached hydrogens (primary N) is 1. The highest BCUT2D eigenvalue weighted by Gasteiger charge is 2.20. The van der Waals surface area contributed by atoms with Crippen LogP contribution < -0.4 is 10.5 Å². The number of hydrogen-bond acceptors (Lipinski definition) is 3. The fraction of sp³-hybridized carbons (Fsp3) is 0.600. The minimum atomic E-state index is 0.596. The van der Waals surface area contributed by atoms with Crippen molar-refractivity contribution in [3.8, 4) is 5.75 Å². The van der Waals surface area contributed by atoms with E-state index in [-0.39, 0.29) is 0 Å². The lowest BCUT2D eigenvalue weighted by atomic mass is 10.1. The molecule has 1 saturated heterocycles. The molecule has 1 fully saturated rings. The van der Waals surface area contributed by atoms with Crippen molar-refractivity contribution >= 4 is 0 Å². The molecule has 3 nitrogen and oxygen atoms in total. The topological polar surface area (TPSA) is 38.5 Å². The molecular formula is C15H24N2O. The summed E-state index contributed by atoms with van der Waals surface area (Å²) in [4.78, 5) is 2.44. The van der Waals surface area contributed by atoms with Crippen LogP contribution in [0.4, 0.5) is 0 Å². The predicted octanol–water partition coefficient (Wildman–Crippen LogP) is 2.32. The maximum Gasteiger partial charge on any atom is 0.119 e. The fourth-order valence-corrected chi connectivity index (χ4v) is 2.64. The summed E-state index contributed by atoms with van der Waals surface area (Å²) in [5.74, 6) is 0.963. The lowest BCUT2D eigenvalue weighted by Crippen LogP contribution is -2.26. The van der Waals surface area contributed by atoms with Gasteiger partial charge in [-0.15, -0.1) is 0 Å². The van der Waals surface area contributed by atoms with Gasteiger partial charge < -0.3 is 15.4 Å². The summed E-state index contributed by atoms with van der Waals surface area (Å²) in [7, 11) is 2.21. The highest BCUT2D eigenvalue weighted by Crippen LogP contribution is 2.20. The first-order chi connectivity index (χ1) is 8.70. The van der Waals surface area contributed by atoms with Gasteiger partial charge in [-0.05, 0) is 63.0 Å². The van der Waals surface area contributed by atoms with Crippen LogP contribution in [0.5, 0.6) is 5.75 Å². The number of hydrogen-bond donors (Lipinski definition) is 1. The van der Waals surface area contributed by atoms with Crippen molar-refractivity contribution in [3.05, 3.63) is 29.3 Å². The van der Waals surface area contributed by atoms with Gasteiger partial charge in [-0.25, -0.2) is 0 Å². The van der Waals surface area contributed by atoms with E-state index >= 15 is 0 Å². The van der Waals surface area contributed by atoms with Gasteiger partial charge in [0.1, 0.15) is 5.75 Å². The lowest BCUT2D eigenvalue weighted by Gasteiger charge is -2.19. The standard InChI is InChI=1S/C15H24N2O/c1-12-10-15(6-5-13(12)11-16)18-9-7-14-4-3-8-17(14)2/h5-6,10,14H,3-4,7-9,11,16H2,1-2H3. The van der Waals surface area contributed by atoms with Gasteiger partial charge >= 0.3 is 0 Å². The zero-order valence-corrected chi connectivity index (χ0v) is 11.5. The van der Waals surface area contributed by atoms with Crippen LogP contribution in [0.3, 0.4) is 0 Å². The summed E-state index contributed by atoms with van der Waals surface area (Å²) >= 11 is 0. The van der Waals surface area contributed by atoms with Gasteiger partial charge in [-0.3, -0.25) is 0 Å². The number of ether oxygens (including phenoxy) is 1. The zero-order chi connectivity index (χ0) is 13.0. The Balaban J connectivity index is 1.81. The Morgan fingerprint density at radius 3 is 2.89 bits per heavy atom. The summed E-state index contributed by atoms with van der Waals surface area (Å²) in [5, 5.41) is 0. The maximum atomic E-state index is 5.83. The van der Waals surface area contributed by atoms with Crippen LogP contribution in [0.1, 0.15) is 30.4 Å². The Labute approximate surface area is 110 Å². The number of benzene rings is 1. The summed E-state index contributed by atoms with van der Waals surface area (Å²) in [6, 6.07) is 6.87. The lowest BCUT2D eigenvalue weighted by molar-refractivity contribution is 0.233. The molecule has 2 N–H and O–H groups in total. The molecule has 1 aliphatic rings. The van der Waals surface area contributed by atoms with E-state index in [4.69, 9.17) is 10.5 Å². The normalized spacial score (nSPS) is 20.3. The van der Waals surface area contributed by atoms with Crippen molar-refractivity contribution in [1.29, 1.82) is 0 Å². The average Bonchev–Trinajstić information content (AvgIpc) is 2.75. The minimum absolute atomic E-state index is 0.596. The van der Waals surface area contributed by atoms with Crippen molar-refractivity contribution in [2.75, 3.05) is 20.2 Å².